The van der Waals surface area contributed by atoms with Crippen LogP contribution >= 0.6 is 0 Å². The maximum Gasteiger partial charge on any atom is 0.407 e. The Morgan fingerprint density at radius 2 is 1.67 bits per heavy atom. The number of alkyl carbamates (subject to hydrolysis) is 1. The summed E-state index contributed by atoms with van der Waals surface area (Å²) >= 11 is 0. The molecular weight excluding hydrogens is 424 g/mol. The van der Waals surface area contributed by atoms with Crippen LogP contribution < -0.4 is 10.8 Å². The second kappa shape index (κ2) is 9.87. The topological polar surface area (TPSA) is 114 Å². The van der Waals surface area contributed by atoms with E-state index in [-0.39, 0.29) is 30.6 Å². The van der Waals surface area contributed by atoms with Crippen molar-refractivity contribution in [3.8, 4) is 11.1 Å². The van der Waals surface area contributed by atoms with Crippen LogP contribution in [0.25, 0.3) is 11.1 Å². The minimum absolute atomic E-state index is 0.0306. The second-order valence-corrected chi connectivity index (χ2v) is 8.24. The van der Waals surface area contributed by atoms with Crippen molar-refractivity contribution in [2.45, 2.75) is 31.8 Å². The van der Waals surface area contributed by atoms with E-state index in [9.17, 15) is 14.4 Å². The Balaban J connectivity index is 1.25. The van der Waals surface area contributed by atoms with E-state index in [1.54, 1.807) is 6.92 Å². The molecule has 2 aromatic rings. The smallest absolute Gasteiger partial charge is 0.407 e. The molecule has 8 heteroatoms. The predicted molar refractivity (Wildman–Crippen MR) is 120 cm³/mol. The van der Waals surface area contributed by atoms with Gasteiger partial charge < -0.3 is 15.2 Å². The van der Waals surface area contributed by atoms with Gasteiger partial charge in [-0.25, -0.2) is 15.1 Å². The van der Waals surface area contributed by atoms with Gasteiger partial charge in [0.05, 0.1) is 0 Å². The fourth-order valence-electron chi connectivity index (χ4n) is 3.97. The minimum Gasteiger partial charge on any atom is -0.479 e. The summed E-state index contributed by atoms with van der Waals surface area (Å²) in [6.45, 7) is 1.83. The number of fused-ring (bicyclic) bond motifs is 3. The van der Waals surface area contributed by atoms with Gasteiger partial charge in [-0.05, 0) is 47.9 Å². The molecule has 172 valence electrons. The number of amides is 2. The minimum atomic E-state index is -1.10. The summed E-state index contributed by atoms with van der Waals surface area (Å²) < 4.78 is 5.45. The number of hydrogen-bond donors (Lipinski definition) is 3. The standard InChI is InChI=1S/C25H26N2O6/c1-15(23(28)27-33-22(24(29)30)16-10-11-16)12-13-26-25(31)32-14-21-19-8-4-2-6-17(19)18-7-3-5-9-20(18)21/h2-9,12,16,21-22H,10-11,13-14H2,1H3,(H,26,31)(H,27,28)(H,29,30)/b15-12+. The quantitative estimate of drug-likeness (QED) is 0.399. The third-order valence-electron chi connectivity index (χ3n) is 5.93. The van der Waals surface area contributed by atoms with E-state index in [0.29, 0.717) is 0 Å². The van der Waals surface area contributed by atoms with Crippen LogP contribution in [0.15, 0.2) is 60.2 Å². The molecule has 0 aliphatic heterocycles. The molecular formula is C25H26N2O6. The van der Waals surface area contributed by atoms with E-state index in [4.69, 9.17) is 14.7 Å². The first-order valence-corrected chi connectivity index (χ1v) is 10.9. The monoisotopic (exact) mass is 450 g/mol. The lowest BCUT2D eigenvalue weighted by atomic mass is 9.98. The van der Waals surface area contributed by atoms with Crippen LogP contribution in [-0.2, 0) is 19.2 Å². The van der Waals surface area contributed by atoms with E-state index in [1.165, 1.54) is 6.08 Å². The molecule has 1 unspecified atom stereocenters. The first-order chi connectivity index (χ1) is 16.0. The maximum absolute atomic E-state index is 12.2. The Morgan fingerprint density at radius 3 is 2.24 bits per heavy atom. The van der Waals surface area contributed by atoms with Crippen LogP contribution in [0.3, 0.4) is 0 Å². The summed E-state index contributed by atoms with van der Waals surface area (Å²) in [4.78, 5) is 40.5. The number of hydrogen-bond acceptors (Lipinski definition) is 5. The molecule has 0 heterocycles. The van der Waals surface area contributed by atoms with E-state index in [0.717, 1.165) is 35.1 Å². The molecule has 2 aromatic carbocycles. The highest BCUT2D eigenvalue weighted by Gasteiger charge is 2.38. The zero-order chi connectivity index (χ0) is 23.4. The van der Waals surface area contributed by atoms with Crippen molar-refractivity contribution in [3.63, 3.8) is 0 Å². The normalized spacial score (nSPS) is 15.8. The second-order valence-electron chi connectivity index (χ2n) is 8.24. The average Bonchev–Trinajstić information content (AvgIpc) is 3.59. The van der Waals surface area contributed by atoms with E-state index in [1.807, 2.05) is 36.4 Å². The highest BCUT2D eigenvalue weighted by Crippen LogP contribution is 2.44. The van der Waals surface area contributed by atoms with Crippen LogP contribution in [-0.4, -0.2) is 42.3 Å². The molecule has 3 N–H and O–H groups in total. The molecule has 0 radical (unpaired) electrons. The largest absolute Gasteiger partial charge is 0.479 e. The highest BCUT2D eigenvalue weighted by atomic mass is 16.7. The van der Waals surface area contributed by atoms with Crippen molar-refractivity contribution >= 4 is 18.0 Å². The van der Waals surface area contributed by atoms with Crippen LogP contribution in [0.1, 0.15) is 36.8 Å². The van der Waals surface area contributed by atoms with Gasteiger partial charge in [0.15, 0.2) is 6.10 Å². The summed E-state index contributed by atoms with van der Waals surface area (Å²) in [6.07, 6.45) is 1.42. The van der Waals surface area contributed by atoms with Crippen LogP contribution in [0, 0.1) is 5.92 Å². The Hall–Kier alpha value is -3.65. The van der Waals surface area contributed by atoms with Gasteiger partial charge in [0.1, 0.15) is 6.61 Å². The zero-order valence-electron chi connectivity index (χ0n) is 18.2. The molecule has 1 fully saturated rings. The van der Waals surface area contributed by atoms with Gasteiger partial charge in [0, 0.05) is 18.0 Å². The van der Waals surface area contributed by atoms with Gasteiger partial charge in [-0.3, -0.25) is 9.63 Å². The molecule has 0 saturated heterocycles. The summed E-state index contributed by atoms with van der Waals surface area (Å²) in [5.41, 5.74) is 7.02. The van der Waals surface area contributed by atoms with Crippen molar-refractivity contribution in [2.75, 3.05) is 13.2 Å². The number of carbonyl (C=O) groups is 3. The molecule has 4 rings (SSSR count). The van der Waals surface area contributed by atoms with Crippen LogP contribution in [0.5, 0.6) is 0 Å². The lowest BCUT2D eigenvalue weighted by Gasteiger charge is -2.14. The highest BCUT2D eigenvalue weighted by molar-refractivity contribution is 5.92. The van der Waals surface area contributed by atoms with E-state index >= 15 is 0 Å². The third kappa shape index (κ3) is 5.23. The van der Waals surface area contributed by atoms with Crippen LogP contribution in [0.4, 0.5) is 4.79 Å². The molecule has 0 spiro atoms. The molecule has 33 heavy (non-hydrogen) atoms. The van der Waals surface area contributed by atoms with Gasteiger partial charge in [-0.15, -0.1) is 0 Å². The molecule has 8 nitrogen and oxygen atoms in total. The van der Waals surface area contributed by atoms with Crippen molar-refractivity contribution in [1.29, 1.82) is 0 Å². The summed E-state index contributed by atoms with van der Waals surface area (Å²) in [7, 11) is 0. The van der Waals surface area contributed by atoms with Crippen molar-refractivity contribution in [3.05, 3.63) is 71.3 Å². The first kappa shape index (κ1) is 22.5. The lowest BCUT2D eigenvalue weighted by Crippen LogP contribution is -2.36. The van der Waals surface area contributed by atoms with E-state index < -0.39 is 24.1 Å². The maximum atomic E-state index is 12.2. The fraction of sp³-hybridized carbons (Fsp3) is 0.320. The van der Waals surface area contributed by atoms with Gasteiger partial charge in [0.25, 0.3) is 5.91 Å². The average molecular weight is 450 g/mol. The summed E-state index contributed by atoms with van der Waals surface area (Å²) in [5.74, 6) is -1.76. The number of carbonyl (C=O) groups excluding carboxylic acids is 2. The number of benzene rings is 2. The van der Waals surface area contributed by atoms with Gasteiger partial charge >= 0.3 is 12.1 Å². The van der Waals surface area contributed by atoms with Gasteiger partial charge in [0.2, 0.25) is 0 Å². The number of carboxylic acids is 1. The number of nitrogens with one attached hydrogen (secondary N) is 2. The Morgan fingerprint density at radius 1 is 1.06 bits per heavy atom. The first-order valence-electron chi connectivity index (χ1n) is 10.9. The number of hydroxylamine groups is 1. The Labute approximate surface area is 191 Å². The van der Waals surface area contributed by atoms with E-state index in [2.05, 4.69) is 22.9 Å². The summed E-state index contributed by atoms with van der Waals surface area (Å²) in [6, 6.07) is 16.2. The third-order valence-corrected chi connectivity index (χ3v) is 5.93. The van der Waals surface area contributed by atoms with Gasteiger partial charge in [-0.2, -0.15) is 0 Å². The SMILES string of the molecule is C/C(=C\CNC(=O)OCC1c2ccccc2-c2ccccc21)C(=O)NOC(C(=O)O)C1CC1. The molecule has 2 amide bonds. The van der Waals surface area contributed by atoms with Gasteiger partial charge in [-0.1, -0.05) is 54.6 Å². The number of ether oxygens (including phenoxy) is 1. The number of carboxylic acid groups (broad SMARTS) is 1. The van der Waals surface area contributed by atoms with Crippen molar-refractivity contribution in [1.82, 2.24) is 10.8 Å². The molecule has 1 atom stereocenters. The predicted octanol–water partition coefficient (Wildman–Crippen LogP) is 3.38. The molecule has 2 aliphatic rings. The summed E-state index contributed by atoms with van der Waals surface area (Å²) in [5, 5.41) is 11.7. The van der Waals surface area contributed by atoms with Crippen molar-refractivity contribution in [2.24, 2.45) is 5.92 Å². The fourth-order valence-corrected chi connectivity index (χ4v) is 3.97. The van der Waals surface area contributed by atoms with Crippen molar-refractivity contribution < 1.29 is 29.1 Å². The Bertz CT molecular complexity index is 1050. The zero-order valence-corrected chi connectivity index (χ0v) is 18.2. The Kier molecular flexibility index (Phi) is 6.74. The molecule has 0 aromatic heterocycles. The molecule has 0 bridgehead atoms. The number of aliphatic carboxylic acids is 1. The molecule has 2 aliphatic carbocycles. The molecule has 1 saturated carbocycles. The van der Waals surface area contributed by atoms with Crippen LogP contribution in [0.2, 0.25) is 0 Å². The number of rotatable bonds is 9. The lowest BCUT2D eigenvalue weighted by molar-refractivity contribution is -0.161.